The van der Waals surface area contributed by atoms with E-state index in [1.807, 2.05) is 31.2 Å². The Morgan fingerprint density at radius 1 is 1.29 bits per heavy atom. The maximum atomic E-state index is 5.72. The first-order valence-electron chi connectivity index (χ1n) is 7.62. The van der Waals surface area contributed by atoms with Crippen LogP contribution >= 0.6 is 0 Å². The number of para-hydroxylation sites is 2. The predicted octanol–water partition coefficient (Wildman–Crippen LogP) is 2.22. The summed E-state index contributed by atoms with van der Waals surface area (Å²) >= 11 is 0. The Labute approximate surface area is 125 Å². The summed E-state index contributed by atoms with van der Waals surface area (Å²) in [5.74, 6) is 1.47. The smallest absolute Gasteiger partial charge is 0.258 e. The van der Waals surface area contributed by atoms with Gasteiger partial charge in [-0.15, -0.1) is 0 Å². The maximum Gasteiger partial charge on any atom is 0.258 e. The van der Waals surface area contributed by atoms with Crippen molar-refractivity contribution >= 4 is 16.9 Å². The monoisotopic (exact) mass is 286 g/mol. The minimum atomic E-state index is 0.438. The third kappa shape index (κ3) is 2.93. The molecule has 3 rings (SSSR count). The number of ether oxygens (including phenoxy) is 1. The molecule has 1 aliphatic rings. The number of aromatic nitrogens is 2. The molecule has 112 valence electrons. The van der Waals surface area contributed by atoms with E-state index in [2.05, 4.69) is 22.2 Å². The van der Waals surface area contributed by atoms with Crippen LogP contribution in [0.1, 0.15) is 19.8 Å². The van der Waals surface area contributed by atoms with Crippen LogP contribution in [0.2, 0.25) is 0 Å². The van der Waals surface area contributed by atoms with Crippen molar-refractivity contribution < 1.29 is 4.74 Å². The number of piperidine rings is 1. The third-order valence-corrected chi connectivity index (χ3v) is 3.96. The van der Waals surface area contributed by atoms with Gasteiger partial charge in [-0.1, -0.05) is 12.1 Å². The molecule has 1 aromatic heterocycles. The lowest BCUT2D eigenvalue weighted by atomic mass is 10.1. The van der Waals surface area contributed by atoms with Crippen LogP contribution in [0.5, 0.6) is 5.88 Å². The van der Waals surface area contributed by atoms with E-state index in [4.69, 9.17) is 9.72 Å². The summed E-state index contributed by atoms with van der Waals surface area (Å²) < 4.78 is 5.72. The topological polar surface area (TPSA) is 50.3 Å². The average molecular weight is 286 g/mol. The highest BCUT2D eigenvalue weighted by Crippen LogP contribution is 2.28. The van der Waals surface area contributed by atoms with Gasteiger partial charge in [-0.3, -0.25) is 0 Å². The fourth-order valence-electron chi connectivity index (χ4n) is 2.77. The van der Waals surface area contributed by atoms with Crippen molar-refractivity contribution in [1.29, 1.82) is 0 Å². The Balaban J connectivity index is 1.99. The minimum Gasteiger partial charge on any atom is -0.475 e. The molecule has 5 nitrogen and oxygen atoms in total. The number of anilines is 1. The van der Waals surface area contributed by atoms with Crippen LogP contribution in [0.3, 0.4) is 0 Å². The van der Waals surface area contributed by atoms with Gasteiger partial charge < -0.3 is 15.0 Å². The van der Waals surface area contributed by atoms with Crippen molar-refractivity contribution in [3.05, 3.63) is 24.3 Å². The predicted molar refractivity (Wildman–Crippen MR) is 85.0 cm³/mol. The summed E-state index contributed by atoms with van der Waals surface area (Å²) in [6.45, 7) is 4.65. The molecule has 2 heterocycles. The molecule has 0 spiro atoms. The Morgan fingerprint density at radius 3 is 2.71 bits per heavy atom. The second kappa shape index (κ2) is 6.26. The molecule has 1 fully saturated rings. The Bertz CT molecular complexity index is 610. The van der Waals surface area contributed by atoms with Gasteiger partial charge in [0.1, 0.15) is 0 Å². The van der Waals surface area contributed by atoms with Gasteiger partial charge >= 0.3 is 0 Å². The number of nitrogens with one attached hydrogen (secondary N) is 1. The van der Waals surface area contributed by atoms with Gasteiger partial charge in [-0.2, -0.15) is 0 Å². The van der Waals surface area contributed by atoms with E-state index < -0.39 is 0 Å². The summed E-state index contributed by atoms with van der Waals surface area (Å²) in [6.07, 6.45) is 2.36. The van der Waals surface area contributed by atoms with Gasteiger partial charge in [0.15, 0.2) is 5.82 Å². The van der Waals surface area contributed by atoms with Gasteiger partial charge in [-0.05, 0) is 38.4 Å². The zero-order valence-electron chi connectivity index (χ0n) is 12.7. The van der Waals surface area contributed by atoms with Gasteiger partial charge in [0.25, 0.3) is 5.88 Å². The van der Waals surface area contributed by atoms with Crippen molar-refractivity contribution in [1.82, 2.24) is 15.3 Å². The summed E-state index contributed by atoms with van der Waals surface area (Å²) in [4.78, 5) is 11.6. The summed E-state index contributed by atoms with van der Waals surface area (Å²) in [5, 5.41) is 3.44. The number of benzene rings is 1. The first-order valence-corrected chi connectivity index (χ1v) is 7.62. The number of likely N-dealkylation sites (N-methyl/N-ethyl adjacent to an activating group) is 1. The lowest BCUT2D eigenvalue weighted by Gasteiger charge is -2.33. The highest BCUT2D eigenvalue weighted by molar-refractivity contribution is 5.77. The second-order valence-corrected chi connectivity index (χ2v) is 5.39. The molecule has 0 saturated carbocycles. The van der Waals surface area contributed by atoms with E-state index in [0.29, 0.717) is 18.5 Å². The molecular weight excluding hydrogens is 264 g/mol. The first kappa shape index (κ1) is 14.1. The third-order valence-electron chi connectivity index (χ3n) is 3.96. The molecule has 0 radical (unpaired) electrons. The molecule has 0 bridgehead atoms. The van der Waals surface area contributed by atoms with Crippen LogP contribution in [0, 0.1) is 0 Å². The molecule has 2 aromatic rings. The van der Waals surface area contributed by atoms with Crippen LogP contribution in [0.4, 0.5) is 5.82 Å². The van der Waals surface area contributed by atoms with Crippen molar-refractivity contribution in [3.63, 3.8) is 0 Å². The average Bonchev–Trinajstić information content (AvgIpc) is 2.55. The van der Waals surface area contributed by atoms with Crippen LogP contribution < -0.4 is 15.0 Å². The van der Waals surface area contributed by atoms with Crippen molar-refractivity contribution in [2.75, 3.05) is 31.6 Å². The zero-order valence-corrected chi connectivity index (χ0v) is 12.7. The maximum absolute atomic E-state index is 5.72. The van der Waals surface area contributed by atoms with Gasteiger partial charge in [-0.25, -0.2) is 9.97 Å². The fourth-order valence-corrected chi connectivity index (χ4v) is 2.77. The molecule has 5 heteroatoms. The van der Waals surface area contributed by atoms with Gasteiger partial charge in [0, 0.05) is 19.6 Å². The van der Waals surface area contributed by atoms with Crippen LogP contribution in [-0.4, -0.2) is 42.8 Å². The van der Waals surface area contributed by atoms with Crippen molar-refractivity contribution in [2.45, 2.75) is 25.8 Å². The summed E-state index contributed by atoms with van der Waals surface area (Å²) in [6, 6.07) is 8.36. The SMILES string of the molecule is CCOc1nc2ccccc2nc1N(C)C1CCCNC1. The quantitative estimate of drug-likeness (QED) is 0.934. The Morgan fingerprint density at radius 2 is 2.05 bits per heavy atom. The van der Waals surface area contributed by atoms with Crippen LogP contribution in [-0.2, 0) is 0 Å². The first-order chi connectivity index (χ1) is 10.3. The summed E-state index contributed by atoms with van der Waals surface area (Å²) in [7, 11) is 2.08. The molecule has 1 atom stereocenters. The summed E-state index contributed by atoms with van der Waals surface area (Å²) in [5.41, 5.74) is 1.78. The number of nitrogens with zero attached hydrogens (tertiary/aromatic N) is 3. The Hall–Kier alpha value is -1.88. The van der Waals surface area contributed by atoms with Crippen molar-refractivity contribution in [3.8, 4) is 5.88 Å². The molecule has 21 heavy (non-hydrogen) atoms. The lowest BCUT2D eigenvalue weighted by Crippen LogP contribution is -2.44. The molecule has 1 N–H and O–H groups in total. The molecule has 1 saturated heterocycles. The number of hydrogen-bond acceptors (Lipinski definition) is 5. The molecule has 0 amide bonds. The van der Waals surface area contributed by atoms with Crippen molar-refractivity contribution in [2.24, 2.45) is 0 Å². The van der Waals surface area contributed by atoms with Crippen LogP contribution in [0.15, 0.2) is 24.3 Å². The van der Waals surface area contributed by atoms with Gasteiger partial charge in [0.05, 0.1) is 17.6 Å². The van der Waals surface area contributed by atoms with E-state index in [-0.39, 0.29) is 0 Å². The fraction of sp³-hybridized carbons (Fsp3) is 0.500. The second-order valence-electron chi connectivity index (χ2n) is 5.39. The minimum absolute atomic E-state index is 0.438. The van der Waals surface area contributed by atoms with E-state index in [0.717, 1.165) is 29.9 Å². The van der Waals surface area contributed by atoms with E-state index in [1.54, 1.807) is 0 Å². The highest BCUT2D eigenvalue weighted by atomic mass is 16.5. The standard InChI is InChI=1S/C16H22N4O/c1-3-21-16-15(20(2)12-7-6-10-17-11-12)18-13-8-4-5-9-14(13)19-16/h4-5,8-9,12,17H,3,6-7,10-11H2,1-2H3. The Kier molecular flexibility index (Phi) is 4.20. The number of fused-ring (bicyclic) bond motifs is 1. The van der Waals surface area contributed by atoms with Crippen LogP contribution in [0.25, 0.3) is 11.0 Å². The highest BCUT2D eigenvalue weighted by Gasteiger charge is 2.23. The zero-order chi connectivity index (χ0) is 14.7. The van der Waals surface area contributed by atoms with E-state index in [1.165, 1.54) is 12.8 Å². The molecular formula is C16H22N4O. The molecule has 1 aromatic carbocycles. The van der Waals surface area contributed by atoms with E-state index in [9.17, 15) is 0 Å². The molecule has 1 unspecified atom stereocenters. The normalized spacial score (nSPS) is 18.7. The molecule has 1 aliphatic heterocycles. The van der Waals surface area contributed by atoms with Gasteiger partial charge in [0.2, 0.25) is 0 Å². The largest absolute Gasteiger partial charge is 0.475 e. The number of rotatable bonds is 4. The molecule has 0 aliphatic carbocycles. The lowest BCUT2D eigenvalue weighted by molar-refractivity contribution is 0.325. The van der Waals surface area contributed by atoms with E-state index >= 15 is 0 Å². The number of hydrogen-bond donors (Lipinski definition) is 1.